The van der Waals surface area contributed by atoms with Crippen molar-refractivity contribution in [1.82, 2.24) is 4.98 Å². The van der Waals surface area contributed by atoms with Gasteiger partial charge in [-0.3, -0.25) is 0 Å². The molecule has 0 amide bonds. The zero-order valence-electron chi connectivity index (χ0n) is 35.9. The molecule has 3 heterocycles. The molecule has 0 unspecified atom stereocenters. The van der Waals surface area contributed by atoms with Crippen LogP contribution in [-0.4, -0.2) is 4.98 Å². The minimum Gasteiger partial charge on any atom is -0.456 e. The van der Waals surface area contributed by atoms with Crippen LogP contribution in [0.1, 0.15) is 50.1 Å². The monoisotopic (exact) mass is 833 g/mol. The van der Waals surface area contributed by atoms with E-state index in [-0.39, 0.29) is 0 Å². The number of para-hydroxylation sites is 4. The van der Waals surface area contributed by atoms with Gasteiger partial charge in [-0.1, -0.05) is 206 Å². The summed E-state index contributed by atoms with van der Waals surface area (Å²) in [5.74, 6) is 3.20. The van der Waals surface area contributed by atoms with E-state index in [2.05, 4.69) is 250 Å². The lowest BCUT2D eigenvalue weighted by molar-refractivity contribution is 0.436. The van der Waals surface area contributed by atoms with Gasteiger partial charge >= 0.3 is 0 Å². The van der Waals surface area contributed by atoms with Gasteiger partial charge in [0, 0.05) is 33.4 Å². The topological polar surface area (TPSA) is 31.4 Å². The van der Waals surface area contributed by atoms with Gasteiger partial charge < -0.3 is 9.47 Å². The number of ether oxygens (including phenoxy) is 2. The lowest BCUT2D eigenvalue weighted by atomic mass is 9.63. The standard InChI is InChI=1S/C62H43NO2/c1-42-22-14-15-31-48(42)43-40-55(49-32-20-36-53-59(49)64-57-38-18-16-34-51(57)61(53,44-23-6-2-7-24-44)45-25-8-3-9-26-45)63-56(41-43)50-33-21-37-54-60(50)65-58-39-19-17-35-52(58)62(54,46-27-10-4-11-28-46)47-29-12-5-13-30-47/h2-41H,1H3. The highest BCUT2D eigenvalue weighted by molar-refractivity contribution is 5.86. The number of pyridine rings is 1. The van der Waals surface area contributed by atoms with Gasteiger partial charge in [-0.05, 0) is 82.3 Å². The summed E-state index contributed by atoms with van der Waals surface area (Å²) in [6, 6.07) is 86.4. The molecule has 2 aliphatic heterocycles. The predicted octanol–water partition coefficient (Wildman–Crippen LogP) is 15.4. The van der Waals surface area contributed by atoms with E-state index >= 15 is 0 Å². The molecule has 0 atom stereocenters. The van der Waals surface area contributed by atoms with Crippen LogP contribution in [0.15, 0.2) is 243 Å². The van der Waals surface area contributed by atoms with Crippen LogP contribution >= 0.6 is 0 Å². The maximum atomic E-state index is 7.17. The second-order valence-corrected chi connectivity index (χ2v) is 17.0. The highest BCUT2D eigenvalue weighted by atomic mass is 16.5. The van der Waals surface area contributed by atoms with Gasteiger partial charge in [0.05, 0.1) is 22.2 Å². The molecule has 0 fully saturated rings. The van der Waals surface area contributed by atoms with Crippen molar-refractivity contribution in [3.63, 3.8) is 0 Å². The fourth-order valence-corrected chi connectivity index (χ4v) is 10.7. The molecule has 2 aliphatic rings. The molecule has 3 nitrogen and oxygen atoms in total. The SMILES string of the molecule is Cc1ccccc1-c1cc(-c2cccc3c2Oc2ccccc2C3(c2ccccc2)c2ccccc2)nc(-c2cccc3c2Oc2ccccc2C3(c2ccccc2)c2ccccc2)c1. The number of hydrogen-bond donors (Lipinski definition) is 0. The second kappa shape index (κ2) is 15.5. The third-order valence-electron chi connectivity index (χ3n) is 13.5. The van der Waals surface area contributed by atoms with Crippen LogP contribution in [0.2, 0.25) is 0 Å². The number of fused-ring (bicyclic) bond motifs is 4. The molecule has 0 aliphatic carbocycles. The van der Waals surface area contributed by atoms with E-state index in [1.165, 1.54) is 5.56 Å². The van der Waals surface area contributed by atoms with Crippen molar-refractivity contribution >= 4 is 0 Å². The summed E-state index contributed by atoms with van der Waals surface area (Å²) in [4.78, 5) is 5.68. The highest BCUT2D eigenvalue weighted by Crippen LogP contribution is 2.59. The fourth-order valence-electron chi connectivity index (χ4n) is 10.7. The van der Waals surface area contributed by atoms with Gasteiger partial charge in [0.2, 0.25) is 0 Å². The molecular formula is C62H43NO2. The highest BCUT2D eigenvalue weighted by Gasteiger charge is 2.47. The normalized spacial score (nSPS) is 13.8. The molecule has 0 saturated heterocycles. The summed E-state index contributed by atoms with van der Waals surface area (Å²) in [5, 5.41) is 0. The Morgan fingerprint density at radius 2 is 0.662 bits per heavy atom. The summed E-state index contributed by atoms with van der Waals surface area (Å²) in [6.45, 7) is 2.17. The van der Waals surface area contributed by atoms with Crippen molar-refractivity contribution < 1.29 is 9.47 Å². The summed E-state index contributed by atoms with van der Waals surface area (Å²) in [7, 11) is 0. The molecule has 9 aromatic carbocycles. The Morgan fingerprint density at radius 1 is 0.323 bits per heavy atom. The van der Waals surface area contributed by atoms with Crippen molar-refractivity contribution in [2.24, 2.45) is 0 Å². The van der Waals surface area contributed by atoms with Crippen LogP contribution in [0.25, 0.3) is 33.6 Å². The Bertz CT molecular complexity index is 3100. The quantitative estimate of drug-likeness (QED) is 0.160. The van der Waals surface area contributed by atoms with Crippen LogP contribution in [0.3, 0.4) is 0 Å². The lowest BCUT2D eigenvalue weighted by Crippen LogP contribution is -2.34. The first-order valence-corrected chi connectivity index (χ1v) is 22.3. The van der Waals surface area contributed by atoms with E-state index in [0.29, 0.717) is 0 Å². The van der Waals surface area contributed by atoms with E-state index in [1.54, 1.807) is 0 Å². The third-order valence-corrected chi connectivity index (χ3v) is 13.5. The molecule has 3 heteroatoms. The predicted molar refractivity (Wildman–Crippen MR) is 262 cm³/mol. The minimum absolute atomic E-state index is 0.670. The number of aryl methyl sites for hydroxylation is 1. The molecule has 1 aromatic heterocycles. The maximum Gasteiger partial charge on any atom is 0.141 e. The van der Waals surface area contributed by atoms with Gasteiger partial charge in [0.25, 0.3) is 0 Å². The molecule has 65 heavy (non-hydrogen) atoms. The van der Waals surface area contributed by atoms with Crippen molar-refractivity contribution in [1.29, 1.82) is 0 Å². The molecule has 0 bridgehead atoms. The Labute approximate surface area is 379 Å². The molecule has 0 radical (unpaired) electrons. The Morgan fingerprint density at radius 3 is 1.08 bits per heavy atom. The van der Waals surface area contributed by atoms with Crippen LogP contribution in [0, 0.1) is 6.92 Å². The smallest absolute Gasteiger partial charge is 0.141 e. The maximum absolute atomic E-state index is 7.17. The first-order chi connectivity index (χ1) is 32.2. The molecule has 308 valence electrons. The van der Waals surface area contributed by atoms with Gasteiger partial charge in [0.1, 0.15) is 23.0 Å². The summed E-state index contributed by atoms with van der Waals surface area (Å²) in [6.07, 6.45) is 0. The van der Waals surface area contributed by atoms with Gasteiger partial charge in [-0.15, -0.1) is 0 Å². The second-order valence-electron chi connectivity index (χ2n) is 17.0. The zero-order valence-corrected chi connectivity index (χ0v) is 35.9. The van der Waals surface area contributed by atoms with E-state index in [4.69, 9.17) is 14.5 Å². The van der Waals surface area contributed by atoms with E-state index in [1.807, 2.05) is 0 Å². The molecule has 12 rings (SSSR count). The van der Waals surface area contributed by atoms with Crippen LogP contribution in [0.5, 0.6) is 23.0 Å². The van der Waals surface area contributed by atoms with Crippen LogP contribution in [-0.2, 0) is 10.8 Å². The van der Waals surface area contributed by atoms with E-state index < -0.39 is 10.8 Å². The summed E-state index contributed by atoms with van der Waals surface area (Å²) in [5.41, 5.74) is 14.4. The van der Waals surface area contributed by atoms with Crippen molar-refractivity contribution in [3.05, 3.63) is 293 Å². The zero-order chi connectivity index (χ0) is 43.4. The minimum atomic E-state index is -0.670. The van der Waals surface area contributed by atoms with E-state index in [0.717, 1.165) is 101 Å². The molecular weight excluding hydrogens is 791 g/mol. The number of rotatable bonds is 7. The molecule has 10 aromatic rings. The Hall–Kier alpha value is -8.27. The average Bonchev–Trinajstić information content (AvgIpc) is 3.38. The lowest BCUT2D eigenvalue weighted by Gasteiger charge is -2.42. The van der Waals surface area contributed by atoms with E-state index in [9.17, 15) is 0 Å². The Balaban J connectivity index is 1.14. The van der Waals surface area contributed by atoms with Crippen LogP contribution < -0.4 is 9.47 Å². The fraction of sp³-hybridized carbons (Fsp3) is 0.0484. The molecule has 0 saturated carbocycles. The van der Waals surface area contributed by atoms with Crippen molar-refractivity contribution in [3.8, 4) is 56.6 Å². The summed E-state index contributed by atoms with van der Waals surface area (Å²) >= 11 is 0. The number of hydrogen-bond acceptors (Lipinski definition) is 3. The molecule has 0 N–H and O–H groups in total. The molecule has 0 spiro atoms. The van der Waals surface area contributed by atoms with Crippen molar-refractivity contribution in [2.45, 2.75) is 17.8 Å². The third kappa shape index (κ3) is 5.93. The van der Waals surface area contributed by atoms with Crippen LogP contribution in [0.4, 0.5) is 0 Å². The average molecular weight is 834 g/mol. The number of aromatic nitrogens is 1. The van der Waals surface area contributed by atoms with Gasteiger partial charge in [-0.25, -0.2) is 4.98 Å². The number of nitrogens with zero attached hydrogens (tertiary/aromatic N) is 1. The largest absolute Gasteiger partial charge is 0.456 e. The first-order valence-electron chi connectivity index (χ1n) is 22.3. The van der Waals surface area contributed by atoms with Gasteiger partial charge in [0.15, 0.2) is 0 Å². The summed E-state index contributed by atoms with van der Waals surface area (Å²) < 4.78 is 14.3. The first kappa shape index (κ1) is 38.4. The van der Waals surface area contributed by atoms with Crippen molar-refractivity contribution in [2.75, 3.05) is 0 Å². The number of benzene rings is 9. The Kier molecular flexibility index (Phi) is 9.17. The van der Waals surface area contributed by atoms with Gasteiger partial charge in [-0.2, -0.15) is 0 Å².